The lowest BCUT2D eigenvalue weighted by Gasteiger charge is -2.27. The molecule has 0 aromatic rings. The minimum Gasteiger partial charge on any atom is -0.481 e. The van der Waals surface area contributed by atoms with Crippen molar-refractivity contribution in [2.75, 3.05) is 0 Å². The van der Waals surface area contributed by atoms with Gasteiger partial charge in [-0.3, -0.25) is 28.8 Å². The lowest BCUT2D eigenvalue weighted by molar-refractivity contribution is -0.147. The Labute approximate surface area is 194 Å². The second-order valence-corrected chi connectivity index (χ2v) is 7.57. The van der Waals surface area contributed by atoms with E-state index in [4.69, 9.17) is 26.2 Å². The highest BCUT2D eigenvalue weighted by Crippen LogP contribution is 2.10. The molecule has 0 spiro atoms. The average molecular weight is 490 g/mol. The van der Waals surface area contributed by atoms with Crippen molar-refractivity contribution in [2.45, 2.75) is 70.1 Å². The second kappa shape index (κ2) is 14.4. The van der Waals surface area contributed by atoms with Crippen LogP contribution in [0.25, 0.3) is 0 Å². The van der Waals surface area contributed by atoms with Crippen molar-refractivity contribution >= 4 is 41.6 Å². The first kappa shape index (κ1) is 30.2. The van der Waals surface area contributed by atoms with Gasteiger partial charge in [-0.15, -0.1) is 0 Å². The summed E-state index contributed by atoms with van der Waals surface area (Å²) in [6, 6.07) is -6.16. The molecule has 0 saturated carbocycles. The summed E-state index contributed by atoms with van der Waals surface area (Å²) in [5, 5.41) is 42.1. The number of carbonyl (C=O) groups excluding carboxylic acids is 3. The number of nitrogens with one attached hydrogen (secondary N) is 3. The average Bonchev–Trinajstić information content (AvgIpc) is 2.72. The summed E-state index contributed by atoms with van der Waals surface area (Å²) in [5.41, 5.74) is 5.46. The number of hydrogen-bond acceptors (Lipinski definition) is 8. The predicted octanol–water partition coefficient (Wildman–Crippen LogP) is -2.29. The molecule has 5 unspecified atom stereocenters. The third kappa shape index (κ3) is 11.2. The molecule has 0 heterocycles. The predicted molar refractivity (Wildman–Crippen MR) is 112 cm³/mol. The summed E-state index contributed by atoms with van der Waals surface area (Å²) in [6.45, 7) is 3.21. The Bertz CT molecular complexity index is 801. The van der Waals surface area contributed by atoms with Gasteiger partial charge >= 0.3 is 23.9 Å². The molecule has 0 aromatic carbocycles. The number of hydrogen-bond donors (Lipinski definition) is 8. The normalized spacial score (nSPS) is 15.0. The van der Waals surface area contributed by atoms with Gasteiger partial charge in [0.15, 0.2) is 0 Å². The molecule has 0 saturated heterocycles. The van der Waals surface area contributed by atoms with Crippen LogP contribution in [0.1, 0.15) is 46.0 Å². The van der Waals surface area contributed by atoms with Crippen molar-refractivity contribution < 1.29 is 54.0 Å². The summed E-state index contributed by atoms with van der Waals surface area (Å²) in [4.78, 5) is 81.4. The second-order valence-electron chi connectivity index (χ2n) is 7.57. The Balaban J connectivity index is 5.65. The Hall–Kier alpha value is -3.75. The van der Waals surface area contributed by atoms with Crippen LogP contribution in [0.2, 0.25) is 0 Å². The van der Waals surface area contributed by atoms with Crippen molar-refractivity contribution in [1.82, 2.24) is 16.0 Å². The maximum Gasteiger partial charge on any atom is 0.326 e. The lowest BCUT2D eigenvalue weighted by atomic mass is 9.97. The minimum atomic E-state index is -1.77. The lowest BCUT2D eigenvalue weighted by Crippen LogP contribution is -2.59. The van der Waals surface area contributed by atoms with E-state index in [0.29, 0.717) is 6.42 Å². The van der Waals surface area contributed by atoms with Gasteiger partial charge in [0.1, 0.15) is 18.1 Å². The summed E-state index contributed by atoms with van der Waals surface area (Å²) in [5.74, 6) is -9.37. The number of carbonyl (C=O) groups is 7. The smallest absolute Gasteiger partial charge is 0.326 e. The first-order chi connectivity index (χ1) is 15.7. The van der Waals surface area contributed by atoms with Crippen molar-refractivity contribution in [3.8, 4) is 0 Å². The third-order valence-corrected chi connectivity index (χ3v) is 4.80. The van der Waals surface area contributed by atoms with Crippen LogP contribution in [-0.4, -0.2) is 86.2 Å². The highest BCUT2D eigenvalue weighted by atomic mass is 16.4. The number of nitrogens with two attached hydrogens (primary N) is 1. The molecule has 3 amide bonds. The van der Waals surface area contributed by atoms with Gasteiger partial charge in [0, 0.05) is 6.42 Å². The van der Waals surface area contributed by atoms with Crippen LogP contribution in [0.4, 0.5) is 0 Å². The van der Waals surface area contributed by atoms with Gasteiger partial charge < -0.3 is 42.1 Å². The SMILES string of the molecule is CCC(C)C(NC(=O)C(CCC(=O)O)NC(=O)C(N)CC(=O)O)C(=O)NC(CC(=O)O)C(=O)O. The van der Waals surface area contributed by atoms with Crippen molar-refractivity contribution in [1.29, 1.82) is 0 Å². The first-order valence-corrected chi connectivity index (χ1v) is 10.2. The molecule has 0 aliphatic carbocycles. The zero-order valence-corrected chi connectivity index (χ0v) is 18.6. The van der Waals surface area contributed by atoms with Gasteiger partial charge in [-0.1, -0.05) is 20.3 Å². The Morgan fingerprint density at radius 3 is 1.71 bits per heavy atom. The molecular formula is C19H30N4O11. The molecule has 0 aromatic heterocycles. The van der Waals surface area contributed by atoms with Crippen LogP contribution < -0.4 is 21.7 Å². The van der Waals surface area contributed by atoms with Crippen molar-refractivity contribution in [2.24, 2.45) is 11.7 Å². The molecule has 0 aliphatic heterocycles. The zero-order chi connectivity index (χ0) is 26.6. The Morgan fingerprint density at radius 2 is 1.26 bits per heavy atom. The molecule has 192 valence electrons. The van der Waals surface area contributed by atoms with E-state index < -0.39 is 97.4 Å². The molecule has 9 N–H and O–H groups in total. The van der Waals surface area contributed by atoms with Gasteiger partial charge in [0.2, 0.25) is 17.7 Å². The summed E-state index contributed by atoms with van der Waals surface area (Å²) < 4.78 is 0. The zero-order valence-electron chi connectivity index (χ0n) is 18.6. The molecule has 34 heavy (non-hydrogen) atoms. The van der Waals surface area contributed by atoms with Gasteiger partial charge in [-0.05, 0) is 12.3 Å². The quantitative estimate of drug-likeness (QED) is 0.114. The van der Waals surface area contributed by atoms with Crippen LogP contribution in [0, 0.1) is 5.92 Å². The third-order valence-electron chi connectivity index (χ3n) is 4.80. The number of aliphatic carboxylic acids is 4. The minimum absolute atomic E-state index is 0.324. The van der Waals surface area contributed by atoms with Crippen molar-refractivity contribution in [3.63, 3.8) is 0 Å². The van der Waals surface area contributed by atoms with Crippen LogP contribution in [0.5, 0.6) is 0 Å². The highest BCUT2D eigenvalue weighted by molar-refractivity contribution is 5.95. The molecule has 0 radical (unpaired) electrons. The van der Waals surface area contributed by atoms with E-state index in [2.05, 4.69) is 10.6 Å². The highest BCUT2D eigenvalue weighted by Gasteiger charge is 2.33. The Kier molecular flexibility index (Phi) is 12.8. The van der Waals surface area contributed by atoms with Crippen LogP contribution >= 0.6 is 0 Å². The fourth-order valence-corrected chi connectivity index (χ4v) is 2.69. The Morgan fingerprint density at radius 1 is 0.735 bits per heavy atom. The number of amides is 3. The fourth-order valence-electron chi connectivity index (χ4n) is 2.69. The van der Waals surface area contributed by atoms with Crippen LogP contribution in [-0.2, 0) is 33.6 Å². The summed E-state index contributed by atoms with van der Waals surface area (Å²) >= 11 is 0. The maximum absolute atomic E-state index is 12.8. The number of rotatable bonds is 16. The van der Waals surface area contributed by atoms with E-state index in [9.17, 15) is 33.6 Å². The maximum atomic E-state index is 12.8. The van der Waals surface area contributed by atoms with E-state index in [1.807, 2.05) is 5.32 Å². The number of carboxylic acids is 4. The van der Waals surface area contributed by atoms with E-state index in [0.717, 1.165) is 0 Å². The molecule has 0 bridgehead atoms. The van der Waals surface area contributed by atoms with E-state index >= 15 is 0 Å². The standard InChI is InChI=1S/C19H30N4O11/c1-3-8(2)15(18(32)22-11(19(33)34)7-14(28)29)23-17(31)10(4-5-12(24)25)21-16(30)9(20)6-13(26)27/h8-11,15H,3-7,20H2,1-2H3,(H,21,30)(H,22,32)(H,23,31)(H,24,25)(H,26,27)(H,28,29)(H,33,34). The molecule has 0 fully saturated rings. The fraction of sp³-hybridized carbons (Fsp3) is 0.632. The monoisotopic (exact) mass is 490 g/mol. The molecule has 15 heteroatoms. The summed E-state index contributed by atoms with van der Waals surface area (Å²) in [6.07, 6.45) is -2.33. The van der Waals surface area contributed by atoms with E-state index in [-0.39, 0.29) is 0 Å². The van der Waals surface area contributed by atoms with Gasteiger partial charge in [0.25, 0.3) is 0 Å². The topological polar surface area (TPSA) is 263 Å². The van der Waals surface area contributed by atoms with Gasteiger partial charge in [0.05, 0.1) is 18.9 Å². The molecule has 0 rings (SSSR count). The molecule has 0 aliphatic rings. The molecular weight excluding hydrogens is 460 g/mol. The molecule has 5 atom stereocenters. The van der Waals surface area contributed by atoms with Crippen LogP contribution in [0.3, 0.4) is 0 Å². The number of carboxylic acid groups (broad SMARTS) is 4. The van der Waals surface area contributed by atoms with Gasteiger partial charge in [-0.25, -0.2) is 4.79 Å². The summed E-state index contributed by atoms with van der Waals surface area (Å²) in [7, 11) is 0. The molecule has 15 nitrogen and oxygen atoms in total. The first-order valence-electron chi connectivity index (χ1n) is 10.2. The largest absolute Gasteiger partial charge is 0.481 e. The van der Waals surface area contributed by atoms with Crippen LogP contribution in [0.15, 0.2) is 0 Å². The van der Waals surface area contributed by atoms with E-state index in [1.54, 1.807) is 13.8 Å². The van der Waals surface area contributed by atoms with Gasteiger partial charge in [-0.2, -0.15) is 0 Å². The van der Waals surface area contributed by atoms with Crippen molar-refractivity contribution in [3.05, 3.63) is 0 Å². The van der Waals surface area contributed by atoms with E-state index in [1.165, 1.54) is 0 Å².